The van der Waals surface area contributed by atoms with Gasteiger partial charge in [0, 0.05) is 43.7 Å². The Morgan fingerprint density at radius 1 is 1.12 bits per heavy atom. The second kappa shape index (κ2) is 9.31. The molecule has 0 N–H and O–H groups in total. The van der Waals surface area contributed by atoms with Crippen LogP contribution in [-0.4, -0.2) is 19.7 Å². The fourth-order valence-corrected chi connectivity index (χ4v) is 5.79. The molecule has 1 fully saturated rings. The molecule has 0 saturated carbocycles. The Balaban J connectivity index is 1.51. The smallest absolute Gasteiger partial charge is 0.266 e. The molecule has 4 nitrogen and oxygen atoms in total. The SMILES string of the molecule is O=C1/C(=C/c2cn(Cc3ccc(Cl)cc3Cl)c3ccc(Br)cc23)SC(=S)N1Cc1ccco1. The van der Waals surface area contributed by atoms with Crippen LogP contribution in [0.4, 0.5) is 0 Å². The lowest BCUT2D eigenvalue weighted by Gasteiger charge is -2.11. The van der Waals surface area contributed by atoms with Crippen molar-refractivity contribution in [3.8, 4) is 0 Å². The fraction of sp³-hybridized carbons (Fsp3) is 0.0833. The van der Waals surface area contributed by atoms with Crippen molar-refractivity contribution in [2.75, 3.05) is 0 Å². The number of thioether (sulfide) groups is 1. The Labute approximate surface area is 218 Å². The largest absolute Gasteiger partial charge is 0.467 e. The molecule has 1 aliphatic rings. The van der Waals surface area contributed by atoms with Crippen molar-refractivity contribution in [3.63, 3.8) is 0 Å². The Kier molecular flexibility index (Phi) is 6.42. The highest BCUT2D eigenvalue weighted by Crippen LogP contribution is 2.36. The Morgan fingerprint density at radius 2 is 1.97 bits per heavy atom. The normalized spacial score (nSPS) is 15.4. The van der Waals surface area contributed by atoms with Crippen molar-refractivity contribution in [1.82, 2.24) is 9.47 Å². The van der Waals surface area contributed by atoms with E-state index in [1.54, 1.807) is 23.3 Å². The molecule has 0 spiro atoms. The summed E-state index contributed by atoms with van der Waals surface area (Å²) in [4.78, 5) is 15.2. The van der Waals surface area contributed by atoms with Gasteiger partial charge in [0.15, 0.2) is 0 Å². The zero-order valence-corrected chi connectivity index (χ0v) is 21.7. The van der Waals surface area contributed by atoms with Gasteiger partial charge in [0.05, 0.1) is 17.7 Å². The lowest BCUT2D eigenvalue weighted by molar-refractivity contribution is -0.122. The third-order valence-corrected chi connectivity index (χ3v) is 7.74. The van der Waals surface area contributed by atoms with Gasteiger partial charge in [0.1, 0.15) is 10.1 Å². The maximum Gasteiger partial charge on any atom is 0.266 e. The number of carbonyl (C=O) groups excluding carboxylic acids is 1. The van der Waals surface area contributed by atoms with E-state index in [0.29, 0.717) is 38.1 Å². The maximum absolute atomic E-state index is 13.1. The number of aromatic nitrogens is 1. The summed E-state index contributed by atoms with van der Waals surface area (Å²) in [6, 6.07) is 15.2. The summed E-state index contributed by atoms with van der Waals surface area (Å²) in [5, 5.41) is 2.23. The summed E-state index contributed by atoms with van der Waals surface area (Å²) in [7, 11) is 0. The van der Waals surface area contributed by atoms with Gasteiger partial charge in [-0.25, -0.2) is 0 Å². The van der Waals surface area contributed by atoms with Crippen molar-refractivity contribution in [2.45, 2.75) is 13.1 Å². The molecule has 0 atom stereocenters. The predicted octanol–water partition coefficient (Wildman–Crippen LogP) is 7.75. The number of furan rings is 1. The van der Waals surface area contributed by atoms with Crippen LogP contribution < -0.4 is 0 Å². The molecule has 166 valence electrons. The molecule has 0 aliphatic carbocycles. The topological polar surface area (TPSA) is 38.4 Å². The maximum atomic E-state index is 13.1. The van der Waals surface area contributed by atoms with Crippen LogP contribution in [-0.2, 0) is 17.9 Å². The van der Waals surface area contributed by atoms with Gasteiger partial charge < -0.3 is 8.98 Å². The number of fused-ring (bicyclic) bond motifs is 1. The zero-order valence-electron chi connectivity index (χ0n) is 16.9. The number of nitrogens with zero attached hydrogens (tertiary/aromatic N) is 2. The average Bonchev–Trinajstić information content (AvgIpc) is 3.47. The number of amides is 1. The number of halogens is 3. The number of hydrogen-bond donors (Lipinski definition) is 0. The Morgan fingerprint density at radius 3 is 2.73 bits per heavy atom. The monoisotopic (exact) mass is 576 g/mol. The summed E-state index contributed by atoms with van der Waals surface area (Å²) < 4.78 is 8.97. The molecule has 33 heavy (non-hydrogen) atoms. The second-order valence-corrected chi connectivity index (χ2v) is 10.9. The molecule has 1 saturated heterocycles. The van der Waals surface area contributed by atoms with Gasteiger partial charge in [0.25, 0.3) is 5.91 Å². The van der Waals surface area contributed by atoms with E-state index in [-0.39, 0.29) is 5.91 Å². The van der Waals surface area contributed by atoms with Crippen LogP contribution in [0.3, 0.4) is 0 Å². The van der Waals surface area contributed by atoms with Crippen molar-refractivity contribution < 1.29 is 9.21 Å². The van der Waals surface area contributed by atoms with E-state index in [2.05, 4.69) is 20.5 Å². The van der Waals surface area contributed by atoms with Gasteiger partial charge >= 0.3 is 0 Å². The lowest BCUT2D eigenvalue weighted by atomic mass is 10.1. The summed E-state index contributed by atoms with van der Waals surface area (Å²) >= 11 is 22.8. The first-order valence-corrected chi connectivity index (χ1v) is 12.7. The molecule has 5 rings (SSSR count). The molecule has 0 unspecified atom stereocenters. The quantitative estimate of drug-likeness (QED) is 0.179. The molecule has 0 bridgehead atoms. The fourth-order valence-electron chi connectivity index (χ4n) is 3.71. The minimum absolute atomic E-state index is 0.127. The minimum atomic E-state index is -0.127. The molecule has 3 heterocycles. The molecular formula is C24H15BrCl2N2O2S2. The standard InChI is InChI=1S/C24H15BrCl2N2O2S2/c25-16-4-6-21-19(9-16)15(12-28(21)11-14-3-5-17(26)10-20(14)27)8-22-23(30)29(24(32)33-22)13-18-2-1-7-31-18/h1-10,12H,11,13H2/b22-8-. The average molecular weight is 578 g/mol. The van der Waals surface area contributed by atoms with E-state index < -0.39 is 0 Å². The Bertz CT molecular complexity index is 1430. The molecule has 2 aromatic heterocycles. The van der Waals surface area contributed by atoms with Crippen molar-refractivity contribution >= 4 is 90.3 Å². The summed E-state index contributed by atoms with van der Waals surface area (Å²) in [6.45, 7) is 0.888. The molecule has 2 aromatic carbocycles. The lowest BCUT2D eigenvalue weighted by Crippen LogP contribution is -2.27. The van der Waals surface area contributed by atoms with Gasteiger partial charge in [-0.05, 0) is 54.1 Å². The molecule has 4 aromatic rings. The molecular weight excluding hydrogens is 563 g/mol. The van der Waals surface area contributed by atoms with Gasteiger partial charge in [-0.3, -0.25) is 9.69 Å². The van der Waals surface area contributed by atoms with Crippen LogP contribution >= 0.6 is 63.1 Å². The highest BCUT2D eigenvalue weighted by Gasteiger charge is 2.32. The zero-order chi connectivity index (χ0) is 23.1. The first-order valence-electron chi connectivity index (χ1n) is 9.89. The van der Waals surface area contributed by atoms with Gasteiger partial charge in [0.2, 0.25) is 0 Å². The van der Waals surface area contributed by atoms with Crippen LogP contribution in [0.1, 0.15) is 16.9 Å². The highest BCUT2D eigenvalue weighted by atomic mass is 79.9. The molecule has 9 heteroatoms. The van der Waals surface area contributed by atoms with E-state index in [1.165, 1.54) is 11.8 Å². The van der Waals surface area contributed by atoms with Crippen LogP contribution in [0.25, 0.3) is 17.0 Å². The number of carbonyl (C=O) groups is 1. The van der Waals surface area contributed by atoms with E-state index in [9.17, 15) is 4.79 Å². The molecule has 1 amide bonds. The molecule has 0 radical (unpaired) electrons. The van der Waals surface area contributed by atoms with Crippen molar-refractivity contribution in [1.29, 1.82) is 0 Å². The molecule has 1 aliphatic heterocycles. The number of rotatable bonds is 5. The van der Waals surface area contributed by atoms with E-state index in [1.807, 2.05) is 48.7 Å². The van der Waals surface area contributed by atoms with Crippen LogP contribution in [0.5, 0.6) is 0 Å². The van der Waals surface area contributed by atoms with Crippen LogP contribution in [0, 0.1) is 0 Å². The first kappa shape index (κ1) is 22.7. The van der Waals surface area contributed by atoms with Gasteiger partial charge in [-0.2, -0.15) is 0 Å². The van der Waals surface area contributed by atoms with E-state index in [0.717, 1.165) is 26.5 Å². The summed E-state index contributed by atoms with van der Waals surface area (Å²) in [6.07, 6.45) is 5.51. The number of hydrogen-bond acceptors (Lipinski definition) is 4. The summed E-state index contributed by atoms with van der Waals surface area (Å²) in [5.74, 6) is 0.561. The third-order valence-electron chi connectivity index (χ3n) is 5.28. The van der Waals surface area contributed by atoms with E-state index in [4.69, 9.17) is 39.8 Å². The van der Waals surface area contributed by atoms with Gasteiger partial charge in [-0.15, -0.1) is 0 Å². The first-order chi connectivity index (χ1) is 15.9. The Hall–Kier alpha value is -2.03. The van der Waals surface area contributed by atoms with Crippen molar-refractivity contribution in [3.05, 3.63) is 97.3 Å². The summed E-state index contributed by atoms with van der Waals surface area (Å²) in [5.41, 5.74) is 2.91. The third kappa shape index (κ3) is 4.66. The predicted molar refractivity (Wildman–Crippen MR) is 143 cm³/mol. The number of benzene rings is 2. The highest BCUT2D eigenvalue weighted by molar-refractivity contribution is 9.10. The van der Waals surface area contributed by atoms with Crippen LogP contribution in [0.15, 0.2) is 74.8 Å². The second-order valence-electron chi connectivity index (χ2n) is 7.46. The van der Waals surface area contributed by atoms with Gasteiger partial charge in [-0.1, -0.05) is 69.2 Å². The minimum Gasteiger partial charge on any atom is -0.467 e. The van der Waals surface area contributed by atoms with E-state index >= 15 is 0 Å². The van der Waals surface area contributed by atoms with Crippen LogP contribution in [0.2, 0.25) is 10.0 Å². The van der Waals surface area contributed by atoms with Crippen molar-refractivity contribution in [2.24, 2.45) is 0 Å². The number of thiocarbonyl (C=S) groups is 1.